The molecule has 0 aliphatic carbocycles. The van der Waals surface area contributed by atoms with Crippen molar-refractivity contribution in [3.63, 3.8) is 0 Å². The number of amides is 2. The first-order valence-corrected chi connectivity index (χ1v) is 15.3. The van der Waals surface area contributed by atoms with E-state index in [1.165, 1.54) is 57.6 Å². The Kier molecular flexibility index (Phi) is 11.1. The maximum atomic E-state index is 14.4. The Balaban J connectivity index is 2.17. The highest BCUT2D eigenvalue weighted by atomic mass is 32.2. The largest absolute Gasteiger partial charge is 0.497 e. The first-order valence-electron chi connectivity index (χ1n) is 13.9. The van der Waals surface area contributed by atoms with Crippen LogP contribution in [0.25, 0.3) is 0 Å². The fourth-order valence-electron chi connectivity index (χ4n) is 4.45. The van der Waals surface area contributed by atoms with Gasteiger partial charge in [-0.2, -0.15) is 0 Å². The summed E-state index contributed by atoms with van der Waals surface area (Å²) in [5.41, 5.74) is 0.287. The molecule has 3 rings (SSSR count). The molecule has 0 aliphatic heterocycles. The van der Waals surface area contributed by atoms with Gasteiger partial charge in [-0.3, -0.25) is 13.9 Å². The van der Waals surface area contributed by atoms with Gasteiger partial charge in [0.25, 0.3) is 10.0 Å². The van der Waals surface area contributed by atoms with Crippen molar-refractivity contribution >= 4 is 27.5 Å². The summed E-state index contributed by atoms with van der Waals surface area (Å²) in [4.78, 5) is 28.7. The highest BCUT2D eigenvalue weighted by Crippen LogP contribution is 2.37. The Morgan fingerprint density at radius 1 is 0.818 bits per heavy atom. The van der Waals surface area contributed by atoms with Gasteiger partial charge >= 0.3 is 0 Å². The van der Waals surface area contributed by atoms with E-state index in [4.69, 9.17) is 18.9 Å². The molecule has 12 heteroatoms. The number of methoxy groups -OCH3 is 4. The molecule has 0 aliphatic rings. The summed E-state index contributed by atoms with van der Waals surface area (Å²) < 4.78 is 51.2. The van der Waals surface area contributed by atoms with Gasteiger partial charge in [0.2, 0.25) is 11.8 Å². The maximum absolute atomic E-state index is 14.4. The van der Waals surface area contributed by atoms with Gasteiger partial charge in [0.1, 0.15) is 24.1 Å². The average molecular weight is 628 g/mol. The number of hydrogen-bond donors (Lipinski definition) is 1. The van der Waals surface area contributed by atoms with E-state index < -0.39 is 34.1 Å². The molecule has 2 amide bonds. The smallest absolute Gasteiger partial charge is 0.265 e. The van der Waals surface area contributed by atoms with E-state index in [0.29, 0.717) is 11.5 Å². The second-order valence-electron chi connectivity index (χ2n) is 11.0. The lowest BCUT2D eigenvalue weighted by atomic mass is 10.1. The van der Waals surface area contributed by atoms with Crippen LogP contribution in [0.3, 0.4) is 0 Å². The quantitative estimate of drug-likeness (QED) is 0.299. The van der Waals surface area contributed by atoms with Gasteiger partial charge in [-0.1, -0.05) is 30.3 Å². The Bertz CT molecular complexity index is 1560. The number of benzene rings is 3. The predicted octanol–water partition coefficient (Wildman–Crippen LogP) is 4.25. The lowest BCUT2D eigenvalue weighted by Crippen LogP contribution is -2.54. The van der Waals surface area contributed by atoms with Gasteiger partial charge in [0, 0.05) is 24.2 Å². The van der Waals surface area contributed by atoms with E-state index in [0.717, 1.165) is 9.87 Å². The second-order valence-corrected chi connectivity index (χ2v) is 12.9. The van der Waals surface area contributed by atoms with Crippen molar-refractivity contribution in [2.24, 2.45) is 0 Å². The normalized spacial score (nSPS) is 12.1. The molecule has 0 fully saturated rings. The summed E-state index contributed by atoms with van der Waals surface area (Å²) in [6.45, 7) is 6.55. The van der Waals surface area contributed by atoms with Crippen LogP contribution in [0, 0.1) is 0 Å². The van der Waals surface area contributed by atoms with Gasteiger partial charge in [0.15, 0.2) is 11.5 Å². The van der Waals surface area contributed by atoms with Gasteiger partial charge in [-0.25, -0.2) is 8.42 Å². The number of hydrogen-bond acceptors (Lipinski definition) is 8. The van der Waals surface area contributed by atoms with Crippen LogP contribution in [0.15, 0.2) is 71.6 Å². The fourth-order valence-corrected chi connectivity index (χ4v) is 5.88. The zero-order valence-corrected chi connectivity index (χ0v) is 27.2. The summed E-state index contributed by atoms with van der Waals surface area (Å²) in [6, 6.07) is 17.0. The van der Waals surface area contributed by atoms with E-state index in [2.05, 4.69) is 5.32 Å². The van der Waals surface area contributed by atoms with Gasteiger partial charge in [-0.05, 0) is 57.5 Å². The molecule has 1 N–H and O–H groups in total. The SMILES string of the molecule is COc1ccc(OC)c(N(CC(=O)N(Cc2ccccc2)[C@@H](C)C(=O)NC(C)(C)C)S(=O)(=O)c2ccc(OC)c(OC)c2)c1. The van der Waals surface area contributed by atoms with Crippen molar-refractivity contribution in [2.75, 3.05) is 39.3 Å². The number of ether oxygens (including phenoxy) is 4. The lowest BCUT2D eigenvalue weighted by molar-refractivity contribution is -0.140. The molecule has 3 aromatic carbocycles. The minimum absolute atomic E-state index is 0.0674. The van der Waals surface area contributed by atoms with Crippen molar-refractivity contribution in [3.8, 4) is 23.0 Å². The zero-order valence-electron chi connectivity index (χ0n) is 26.4. The van der Waals surface area contributed by atoms with E-state index in [1.54, 1.807) is 19.1 Å². The Morgan fingerprint density at radius 3 is 2.00 bits per heavy atom. The van der Waals surface area contributed by atoms with Gasteiger partial charge < -0.3 is 29.2 Å². The van der Waals surface area contributed by atoms with Crippen molar-refractivity contribution < 1.29 is 37.0 Å². The summed E-state index contributed by atoms with van der Waals surface area (Å²) in [6.07, 6.45) is 0. The standard InChI is InChI=1S/C32H41N3O8S/c1-22(31(37)33-32(2,3)4)34(20-23-12-10-9-11-13-23)30(36)21-35(26-18-24(40-5)14-16-27(26)41-6)44(38,39)25-15-17-28(42-7)29(19-25)43-8/h9-19,22H,20-21H2,1-8H3,(H,33,37)/t22-/m0/s1. The zero-order chi connectivity index (χ0) is 32.7. The average Bonchev–Trinajstić information content (AvgIpc) is 3.00. The molecular weight excluding hydrogens is 586 g/mol. The van der Waals surface area contributed by atoms with Crippen molar-refractivity contribution in [3.05, 3.63) is 72.3 Å². The summed E-state index contributed by atoms with van der Waals surface area (Å²) in [5.74, 6) is 0.0707. The number of nitrogens with one attached hydrogen (secondary N) is 1. The van der Waals surface area contributed by atoms with Crippen LogP contribution in [0.2, 0.25) is 0 Å². The van der Waals surface area contributed by atoms with Crippen LogP contribution < -0.4 is 28.6 Å². The van der Waals surface area contributed by atoms with E-state index in [9.17, 15) is 18.0 Å². The molecule has 0 heterocycles. The number of rotatable bonds is 13. The van der Waals surface area contributed by atoms with E-state index in [-0.39, 0.29) is 34.5 Å². The molecule has 0 saturated heterocycles. The first kappa shape index (κ1) is 34.0. The summed E-state index contributed by atoms with van der Waals surface area (Å²) in [5, 5.41) is 2.91. The van der Waals surface area contributed by atoms with Crippen LogP contribution in [-0.4, -0.2) is 71.7 Å². The number of carbonyl (C=O) groups excluding carboxylic acids is 2. The number of anilines is 1. The van der Waals surface area contributed by atoms with E-state index in [1.807, 2.05) is 51.1 Å². The molecular formula is C32H41N3O8S. The minimum Gasteiger partial charge on any atom is -0.497 e. The topological polar surface area (TPSA) is 124 Å². The molecule has 0 unspecified atom stereocenters. The van der Waals surface area contributed by atoms with Crippen LogP contribution >= 0.6 is 0 Å². The van der Waals surface area contributed by atoms with E-state index >= 15 is 0 Å². The van der Waals surface area contributed by atoms with Gasteiger partial charge in [0.05, 0.1) is 39.0 Å². The van der Waals surface area contributed by atoms with Crippen molar-refractivity contribution in [1.82, 2.24) is 10.2 Å². The minimum atomic E-state index is -4.43. The fraction of sp³-hybridized carbons (Fsp3) is 0.375. The molecule has 0 spiro atoms. The molecule has 0 radical (unpaired) electrons. The van der Waals surface area contributed by atoms with Crippen LogP contribution in [0.5, 0.6) is 23.0 Å². The molecule has 44 heavy (non-hydrogen) atoms. The lowest BCUT2D eigenvalue weighted by Gasteiger charge is -2.33. The summed E-state index contributed by atoms with van der Waals surface area (Å²) in [7, 11) is 1.25. The van der Waals surface area contributed by atoms with Crippen LogP contribution in [-0.2, 0) is 26.2 Å². The molecule has 238 valence electrons. The third-order valence-electron chi connectivity index (χ3n) is 6.74. The molecule has 0 aromatic heterocycles. The molecule has 1 atom stereocenters. The third kappa shape index (κ3) is 8.13. The molecule has 0 bridgehead atoms. The van der Waals surface area contributed by atoms with Gasteiger partial charge in [-0.15, -0.1) is 0 Å². The van der Waals surface area contributed by atoms with Crippen molar-refractivity contribution in [1.29, 1.82) is 0 Å². The maximum Gasteiger partial charge on any atom is 0.265 e. The second kappa shape index (κ2) is 14.3. The number of carbonyl (C=O) groups is 2. The molecule has 0 saturated carbocycles. The number of sulfonamides is 1. The molecule has 3 aromatic rings. The highest BCUT2D eigenvalue weighted by molar-refractivity contribution is 7.92. The third-order valence-corrected chi connectivity index (χ3v) is 8.49. The Hall–Kier alpha value is -4.45. The monoisotopic (exact) mass is 627 g/mol. The van der Waals surface area contributed by atoms with Crippen LogP contribution in [0.1, 0.15) is 33.3 Å². The summed E-state index contributed by atoms with van der Waals surface area (Å²) >= 11 is 0. The Labute approximate surface area is 259 Å². The molecule has 11 nitrogen and oxygen atoms in total. The Morgan fingerprint density at radius 2 is 1.43 bits per heavy atom. The van der Waals surface area contributed by atoms with Crippen molar-refractivity contribution in [2.45, 2.75) is 50.7 Å². The first-order chi connectivity index (χ1) is 20.7. The highest BCUT2D eigenvalue weighted by Gasteiger charge is 2.35. The number of nitrogens with zero attached hydrogens (tertiary/aromatic N) is 2. The predicted molar refractivity (Wildman–Crippen MR) is 168 cm³/mol. The van der Waals surface area contributed by atoms with Crippen LogP contribution in [0.4, 0.5) is 5.69 Å².